The highest BCUT2D eigenvalue weighted by Crippen LogP contribution is 2.20. The molecule has 0 radical (unpaired) electrons. The quantitative estimate of drug-likeness (QED) is 0.0298. The Bertz CT molecular complexity index is 2710. The van der Waals surface area contributed by atoms with Crippen LogP contribution >= 0.6 is 63.7 Å². The molecule has 12 amide bonds. The zero-order valence-corrected chi connectivity index (χ0v) is 54.4. The van der Waals surface area contributed by atoms with E-state index < -0.39 is 71.4 Å². The van der Waals surface area contributed by atoms with Crippen molar-refractivity contribution in [3.05, 3.63) is 119 Å². The van der Waals surface area contributed by atoms with E-state index >= 15 is 0 Å². The Labute approximate surface area is 543 Å². The Morgan fingerprint density at radius 2 is 0.523 bits per heavy atom. The predicted octanol–water partition coefficient (Wildman–Crippen LogP) is 5.67. The summed E-state index contributed by atoms with van der Waals surface area (Å²) in [6.45, 7) is 1.19. The monoisotopic (exact) mass is 1470 g/mol. The molecule has 24 nitrogen and oxygen atoms in total. The molecule has 472 valence electrons. The molecule has 0 aliphatic carbocycles. The highest BCUT2D eigenvalue weighted by Gasteiger charge is 2.28. The van der Waals surface area contributed by atoms with Crippen molar-refractivity contribution >= 4 is 157 Å². The summed E-state index contributed by atoms with van der Waals surface area (Å²) in [6.07, 6.45) is 3.75. The first kappa shape index (κ1) is 71.2. The van der Waals surface area contributed by atoms with Crippen LogP contribution in [-0.4, -0.2) is 143 Å². The van der Waals surface area contributed by atoms with Crippen molar-refractivity contribution in [1.82, 2.24) is 42.5 Å². The number of hydrogen-bond donors (Lipinski definition) is 12. The minimum Gasteiger partial charge on any atom is -0.355 e. The normalized spacial score (nSPS) is 17.0. The molecule has 4 aromatic carbocycles. The van der Waals surface area contributed by atoms with Crippen LogP contribution in [0.4, 0.5) is 22.7 Å². The number of rotatable bonds is 24. The third-order valence-corrected chi connectivity index (χ3v) is 15.5. The largest absolute Gasteiger partial charge is 0.355 e. The number of fused-ring (bicyclic) bond motifs is 8. The second kappa shape index (κ2) is 38.7. The van der Waals surface area contributed by atoms with Crippen LogP contribution in [0, 0.1) is 0 Å². The van der Waals surface area contributed by atoms with Crippen LogP contribution in [0.2, 0.25) is 0 Å². The minimum atomic E-state index is -1.16. The topological polar surface area (TPSA) is 349 Å². The minimum absolute atomic E-state index is 0.0578. The summed E-state index contributed by atoms with van der Waals surface area (Å²) in [4.78, 5) is 161. The van der Waals surface area contributed by atoms with E-state index in [-0.39, 0.29) is 116 Å². The van der Waals surface area contributed by atoms with Gasteiger partial charge >= 0.3 is 0 Å². The van der Waals surface area contributed by atoms with Gasteiger partial charge in [-0.3, -0.25) is 57.5 Å². The molecule has 5 rings (SSSR count). The molecule has 0 fully saturated rings. The summed E-state index contributed by atoms with van der Waals surface area (Å²) in [5.74, 6) is -6.24. The van der Waals surface area contributed by atoms with Gasteiger partial charge in [0.1, 0.15) is 24.2 Å². The van der Waals surface area contributed by atoms with Gasteiger partial charge < -0.3 is 63.8 Å². The molecule has 1 aliphatic heterocycles. The van der Waals surface area contributed by atoms with Crippen molar-refractivity contribution in [3.8, 4) is 0 Å². The van der Waals surface area contributed by atoms with E-state index in [4.69, 9.17) is 0 Å². The summed E-state index contributed by atoms with van der Waals surface area (Å²) in [5.41, 5.74) is 0.925. The highest BCUT2D eigenvalue weighted by molar-refractivity contribution is 9.10. The number of nitrogens with one attached hydrogen (secondary N) is 12. The number of anilines is 4. The third kappa shape index (κ3) is 25.3. The third-order valence-electron chi connectivity index (χ3n) is 13.5. The Morgan fingerprint density at radius 3 is 0.716 bits per heavy atom. The molecular formula is C60H72Br4N12O12. The molecule has 88 heavy (non-hydrogen) atoms. The van der Waals surface area contributed by atoms with Crippen LogP contribution in [-0.2, 0) is 38.4 Å². The number of halogens is 4. The first-order valence-electron chi connectivity index (χ1n) is 28.6. The average molecular weight is 1470 g/mol. The summed E-state index contributed by atoms with van der Waals surface area (Å²) in [5, 5.41) is 33.7. The summed E-state index contributed by atoms with van der Waals surface area (Å²) in [7, 11) is 0. The van der Waals surface area contributed by atoms with E-state index in [1.54, 1.807) is 0 Å². The Balaban J connectivity index is 1.51. The van der Waals surface area contributed by atoms with E-state index in [1.165, 1.54) is 97.1 Å². The van der Waals surface area contributed by atoms with E-state index in [2.05, 4.69) is 128 Å². The number of carbonyl (C=O) groups is 12. The predicted molar refractivity (Wildman–Crippen MR) is 348 cm³/mol. The van der Waals surface area contributed by atoms with Gasteiger partial charge in [-0.25, -0.2) is 0 Å². The molecule has 4 aromatic rings. The fourth-order valence-electron chi connectivity index (χ4n) is 8.91. The summed E-state index contributed by atoms with van der Waals surface area (Å²) in [6, 6.07) is 19.1. The molecule has 0 saturated heterocycles. The van der Waals surface area contributed by atoms with E-state index in [0.29, 0.717) is 77.5 Å². The van der Waals surface area contributed by atoms with Crippen molar-refractivity contribution in [2.75, 3.05) is 68.8 Å². The standard InChI is InChI=1S/C60H72Br4N12O12/c61-33-49(77)65-25-5-1-21-45-57(85)69-41-17-10-14-38(30-41)54(82)74-47(23-3-7-27-67-51(79)35-63)59(87)71-43-19-12-16-40(32-43)56(84)76-48(24-4-8-28-68-52(80)36-64)60(88)72-44-20-11-15-39(31-44)55(83)75-46(22-2-6-26-66-50(78)34-62)58(86)70-42-18-9-13-37(29-42)53(81)73-45/h9-20,29-32,45-48H,1-8,21-28,33-36H2,(H,65,77)(H,66,78)(H,67,79)(H,68,80)(H,69,85)(H,70,86)(H,71,87)(H,72,88)(H,73,81)(H,74,82)(H,75,83)(H,76,84)/t45-,46-,47-,48-/m0/s1. The lowest BCUT2D eigenvalue weighted by Gasteiger charge is -2.21. The number of alkyl halides is 4. The van der Waals surface area contributed by atoms with Crippen molar-refractivity contribution in [3.63, 3.8) is 0 Å². The Morgan fingerprint density at radius 1 is 0.318 bits per heavy atom. The van der Waals surface area contributed by atoms with Crippen LogP contribution in [0.5, 0.6) is 0 Å². The number of hydrogen-bond acceptors (Lipinski definition) is 12. The lowest BCUT2D eigenvalue weighted by atomic mass is 10.1. The van der Waals surface area contributed by atoms with Gasteiger partial charge in [0.15, 0.2) is 0 Å². The number of amides is 12. The number of unbranched alkanes of at least 4 members (excludes halogenated alkanes) is 4. The van der Waals surface area contributed by atoms with E-state index in [9.17, 15) is 57.5 Å². The van der Waals surface area contributed by atoms with E-state index in [0.717, 1.165) is 0 Å². The fourth-order valence-corrected chi connectivity index (χ4v) is 9.70. The van der Waals surface area contributed by atoms with Crippen LogP contribution < -0.4 is 63.8 Å². The van der Waals surface area contributed by atoms with Gasteiger partial charge in [-0.15, -0.1) is 0 Å². The second-order valence-electron chi connectivity index (χ2n) is 20.3. The van der Waals surface area contributed by atoms with Gasteiger partial charge in [-0.1, -0.05) is 88.0 Å². The van der Waals surface area contributed by atoms with Crippen molar-refractivity contribution in [2.45, 2.75) is 101 Å². The molecular weight excluding hydrogens is 1400 g/mol. The molecule has 8 bridgehead atoms. The van der Waals surface area contributed by atoms with Gasteiger partial charge in [0.05, 0.1) is 21.3 Å². The lowest BCUT2D eigenvalue weighted by molar-refractivity contribution is -0.119. The zero-order valence-electron chi connectivity index (χ0n) is 48.1. The zero-order chi connectivity index (χ0) is 63.8. The molecule has 1 heterocycles. The molecule has 0 unspecified atom stereocenters. The summed E-state index contributed by atoms with van der Waals surface area (Å²) < 4.78 is 0. The SMILES string of the molecule is O=C(CBr)NCCCC[C@@H]1NC(=O)c2cccc(c2)NC(=O)[C@H](CCCCNC(=O)CBr)NC(=O)c2cccc(c2)NC(=O)[C@H](CCCCNC(=O)CBr)NC(=O)c2cccc(c2)NC(=O)[C@H](CCCCNC(=O)CBr)NC(=O)c2cccc(c2)NC1=O. The molecule has 28 heteroatoms. The van der Waals surface area contributed by atoms with Gasteiger partial charge in [0.25, 0.3) is 23.6 Å². The number of carbonyl (C=O) groups excluding carboxylic acids is 12. The maximum Gasteiger partial charge on any atom is 0.252 e. The van der Waals surface area contributed by atoms with Gasteiger partial charge in [-0.05, 0) is 150 Å². The smallest absolute Gasteiger partial charge is 0.252 e. The first-order chi connectivity index (χ1) is 42.4. The van der Waals surface area contributed by atoms with Gasteiger partial charge in [0, 0.05) is 71.2 Å². The van der Waals surface area contributed by atoms with Gasteiger partial charge in [-0.2, -0.15) is 0 Å². The lowest BCUT2D eigenvalue weighted by Crippen LogP contribution is -2.45. The van der Waals surface area contributed by atoms with Crippen molar-refractivity contribution < 1.29 is 57.5 Å². The Hall–Kier alpha value is -7.56. The maximum absolute atomic E-state index is 14.2. The van der Waals surface area contributed by atoms with Gasteiger partial charge in [0.2, 0.25) is 47.3 Å². The second-order valence-corrected chi connectivity index (χ2v) is 22.5. The highest BCUT2D eigenvalue weighted by atomic mass is 79.9. The fraction of sp³-hybridized carbons (Fsp3) is 0.400. The van der Waals surface area contributed by atoms with Crippen LogP contribution in [0.1, 0.15) is 118 Å². The first-order valence-corrected chi connectivity index (χ1v) is 33.1. The average Bonchev–Trinajstić information content (AvgIpc) is 3.17. The van der Waals surface area contributed by atoms with Crippen LogP contribution in [0.25, 0.3) is 0 Å². The summed E-state index contributed by atoms with van der Waals surface area (Å²) >= 11 is 12.5. The molecule has 4 atom stereocenters. The van der Waals surface area contributed by atoms with Crippen LogP contribution in [0.15, 0.2) is 97.1 Å². The molecule has 12 N–H and O–H groups in total. The van der Waals surface area contributed by atoms with Crippen molar-refractivity contribution in [2.24, 2.45) is 0 Å². The van der Waals surface area contributed by atoms with E-state index in [1.807, 2.05) is 0 Å². The van der Waals surface area contributed by atoms with Crippen molar-refractivity contribution in [1.29, 1.82) is 0 Å². The molecule has 0 aromatic heterocycles. The molecule has 0 spiro atoms. The van der Waals surface area contributed by atoms with Crippen LogP contribution in [0.3, 0.4) is 0 Å². The Kier molecular flexibility index (Phi) is 31.3. The number of benzene rings is 4. The maximum atomic E-state index is 14.2. The molecule has 1 aliphatic rings. The molecule has 0 saturated carbocycles.